The van der Waals surface area contributed by atoms with Gasteiger partial charge in [-0.3, -0.25) is 0 Å². The summed E-state index contributed by atoms with van der Waals surface area (Å²) < 4.78 is 2.64. The fourth-order valence-electron chi connectivity index (χ4n) is 1.58. The highest BCUT2D eigenvalue weighted by Crippen LogP contribution is 2.16. The van der Waals surface area contributed by atoms with E-state index in [1.807, 2.05) is 31.2 Å². The lowest BCUT2D eigenvalue weighted by Crippen LogP contribution is -2.03. The number of nitrogens with zero attached hydrogens (tertiary/aromatic N) is 2. The minimum absolute atomic E-state index is 0.0739. The third kappa shape index (κ3) is 2.39. The number of hydrogen-bond acceptors (Lipinski definition) is 2. The lowest BCUT2D eigenvalue weighted by atomic mass is 10.2. The smallest absolute Gasteiger partial charge is 0.356 e. The molecule has 0 aliphatic heterocycles. The van der Waals surface area contributed by atoms with E-state index in [-0.39, 0.29) is 5.69 Å². The quantitative estimate of drug-likeness (QED) is 0.947. The molecular formula is C12H11BrN2O2. The van der Waals surface area contributed by atoms with Gasteiger partial charge in [0, 0.05) is 10.2 Å². The molecule has 0 unspecified atom stereocenters. The molecule has 0 aliphatic rings. The SMILES string of the molecule is CCc1cc(C(=O)O)nn1-c1ccc(Br)cc1. The molecule has 1 aromatic carbocycles. The standard InChI is InChI=1S/C12H11BrN2O2/c1-2-9-7-11(12(16)17)14-15(9)10-5-3-8(13)4-6-10/h3-7H,2H2,1H3,(H,16,17). The van der Waals surface area contributed by atoms with E-state index in [1.54, 1.807) is 10.7 Å². The highest BCUT2D eigenvalue weighted by molar-refractivity contribution is 9.10. The van der Waals surface area contributed by atoms with Gasteiger partial charge in [0.05, 0.1) is 5.69 Å². The van der Waals surface area contributed by atoms with Gasteiger partial charge in [-0.2, -0.15) is 5.10 Å². The lowest BCUT2D eigenvalue weighted by Gasteiger charge is -2.05. The number of carboxylic acid groups (broad SMARTS) is 1. The summed E-state index contributed by atoms with van der Waals surface area (Å²) in [5, 5.41) is 13.0. The van der Waals surface area contributed by atoms with Crippen molar-refractivity contribution < 1.29 is 9.90 Å². The minimum Gasteiger partial charge on any atom is -0.476 e. The van der Waals surface area contributed by atoms with E-state index >= 15 is 0 Å². The normalized spacial score (nSPS) is 10.5. The van der Waals surface area contributed by atoms with Gasteiger partial charge in [-0.1, -0.05) is 22.9 Å². The van der Waals surface area contributed by atoms with Crippen molar-refractivity contribution in [2.24, 2.45) is 0 Å². The van der Waals surface area contributed by atoms with Gasteiger partial charge >= 0.3 is 5.97 Å². The molecule has 4 nitrogen and oxygen atoms in total. The molecule has 0 amide bonds. The molecular weight excluding hydrogens is 284 g/mol. The molecule has 1 heterocycles. The number of halogens is 1. The summed E-state index contributed by atoms with van der Waals surface area (Å²) in [7, 11) is 0. The first kappa shape index (κ1) is 11.9. The van der Waals surface area contributed by atoms with Crippen LogP contribution in [0.2, 0.25) is 0 Å². The molecule has 0 saturated heterocycles. The molecule has 1 aromatic heterocycles. The van der Waals surface area contributed by atoms with E-state index in [9.17, 15) is 4.79 Å². The zero-order valence-electron chi connectivity index (χ0n) is 9.22. The van der Waals surface area contributed by atoms with Gasteiger partial charge in [0.1, 0.15) is 0 Å². The van der Waals surface area contributed by atoms with Crippen LogP contribution in [0.5, 0.6) is 0 Å². The summed E-state index contributed by atoms with van der Waals surface area (Å²) >= 11 is 3.36. The van der Waals surface area contributed by atoms with Crippen molar-refractivity contribution >= 4 is 21.9 Å². The summed E-state index contributed by atoms with van der Waals surface area (Å²) in [4.78, 5) is 10.9. The third-order valence-electron chi connectivity index (χ3n) is 2.44. The summed E-state index contributed by atoms with van der Waals surface area (Å²) in [6, 6.07) is 9.18. The molecule has 0 aliphatic carbocycles. The van der Waals surface area contributed by atoms with Crippen molar-refractivity contribution in [1.29, 1.82) is 0 Å². The average molecular weight is 295 g/mol. The fourth-order valence-corrected chi connectivity index (χ4v) is 1.85. The van der Waals surface area contributed by atoms with Gasteiger partial charge in [0.2, 0.25) is 0 Å². The predicted molar refractivity (Wildman–Crippen MR) is 67.6 cm³/mol. The zero-order chi connectivity index (χ0) is 12.4. The number of hydrogen-bond donors (Lipinski definition) is 1. The van der Waals surface area contributed by atoms with Gasteiger partial charge in [0.25, 0.3) is 0 Å². The van der Waals surface area contributed by atoms with Crippen LogP contribution in [0.25, 0.3) is 5.69 Å². The summed E-state index contributed by atoms with van der Waals surface area (Å²) in [5.74, 6) is -1.00. The Morgan fingerprint density at radius 1 is 1.41 bits per heavy atom. The van der Waals surface area contributed by atoms with E-state index in [4.69, 9.17) is 5.11 Å². The first-order chi connectivity index (χ1) is 8.11. The average Bonchev–Trinajstić information content (AvgIpc) is 2.74. The fraction of sp³-hybridized carbons (Fsp3) is 0.167. The van der Waals surface area contributed by atoms with Gasteiger partial charge in [0.15, 0.2) is 5.69 Å². The van der Waals surface area contributed by atoms with Crippen LogP contribution in [0.3, 0.4) is 0 Å². The molecule has 2 rings (SSSR count). The largest absolute Gasteiger partial charge is 0.476 e. The number of carbonyl (C=O) groups is 1. The van der Waals surface area contributed by atoms with E-state index in [2.05, 4.69) is 21.0 Å². The topological polar surface area (TPSA) is 55.1 Å². The zero-order valence-corrected chi connectivity index (χ0v) is 10.8. The maximum Gasteiger partial charge on any atom is 0.356 e. The Kier molecular flexibility index (Phi) is 3.28. The van der Waals surface area contributed by atoms with Crippen LogP contribution < -0.4 is 0 Å². The molecule has 5 heteroatoms. The minimum atomic E-state index is -1.00. The summed E-state index contributed by atoms with van der Waals surface area (Å²) in [6.07, 6.45) is 0.732. The van der Waals surface area contributed by atoms with Crippen LogP contribution in [-0.2, 0) is 6.42 Å². The van der Waals surface area contributed by atoms with Crippen LogP contribution in [0.15, 0.2) is 34.8 Å². The van der Waals surface area contributed by atoms with E-state index in [0.29, 0.717) is 0 Å². The molecule has 0 saturated carbocycles. The van der Waals surface area contributed by atoms with E-state index in [0.717, 1.165) is 22.3 Å². The Morgan fingerprint density at radius 3 is 2.59 bits per heavy atom. The number of aryl methyl sites for hydroxylation is 1. The number of rotatable bonds is 3. The van der Waals surface area contributed by atoms with Gasteiger partial charge < -0.3 is 5.11 Å². The van der Waals surface area contributed by atoms with Crippen molar-refractivity contribution in [1.82, 2.24) is 9.78 Å². The van der Waals surface area contributed by atoms with E-state index in [1.165, 1.54) is 0 Å². The molecule has 2 aromatic rings. The van der Waals surface area contributed by atoms with Crippen LogP contribution >= 0.6 is 15.9 Å². The molecule has 0 spiro atoms. The van der Waals surface area contributed by atoms with Crippen LogP contribution in [0.1, 0.15) is 23.1 Å². The predicted octanol–water partition coefficient (Wildman–Crippen LogP) is 2.90. The van der Waals surface area contributed by atoms with Gasteiger partial charge in [-0.05, 0) is 36.8 Å². The van der Waals surface area contributed by atoms with Crippen LogP contribution in [0.4, 0.5) is 0 Å². The molecule has 0 atom stereocenters. The summed E-state index contributed by atoms with van der Waals surface area (Å²) in [6.45, 7) is 1.97. The monoisotopic (exact) mass is 294 g/mol. The van der Waals surface area contributed by atoms with Crippen molar-refractivity contribution in [3.8, 4) is 5.69 Å². The van der Waals surface area contributed by atoms with Crippen molar-refractivity contribution in [3.05, 3.63) is 46.2 Å². The molecule has 1 N–H and O–H groups in total. The molecule has 0 fully saturated rings. The van der Waals surface area contributed by atoms with Crippen molar-refractivity contribution in [2.45, 2.75) is 13.3 Å². The number of benzene rings is 1. The maximum absolute atomic E-state index is 10.9. The van der Waals surface area contributed by atoms with Gasteiger partial charge in [-0.25, -0.2) is 9.48 Å². The molecule has 0 radical (unpaired) electrons. The molecule has 17 heavy (non-hydrogen) atoms. The first-order valence-corrected chi connectivity index (χ1v) is 5.99. The maximum atomic E-state index is 10.9. The van der Waals surface area contributed by atoms with Crippen molar-refractivity contribution in [2.75, 3.05) is 0 Å². The third-order valence-corrected chi connectivity index (χ3v) is 2.96. The molecule has 88 valence electrons. The van der Waals surface area contributed by atoms with Gasteiger partial charge in [-0.15, -0.1) is 0 Å². The lowest BCUT2D eigenvalue weighted by molar-refractivity contribution is 0.0690. The number of aromatic carboxylic acids is 1. The number of carboxylic acids is 1. The second-order valence-electron chi connectivity index (χ2n) is 3.57. The van der Waals surface area contributed by atoms with E-state index < -0.39 is 5.97 Å². The summed E-state index contributed by atoms with van der Waals surface area (Å²) in [5.41, 5.74) is 1.81. The highest BCUT2D eigenvalue weighted by Gasteiger charge is 2.12. The highest BCUT2D eigenvalue weighted by atomic mass is 79.9. The Bertz CT molecular complexity index is 546. The molecule has 0 bridgehead atoms. The Labute approximate surface area is 107 Å². The van der Waals surface area contributed by atoms with Crippen LogP contribution in [-0.4, -0.2) is 20.9 Å². The number of aromatic nitrogens is 2. The second kappa shape index (κ2) is 4.71. The Hall–Kier alpha value is -1.62. The Morgan fingerprint density at radius 2 is 2.06 bits per heavy atom. The van der Waals surface area contributed by atoms with Crippen LogP contribution in [0, 0.1) is 0 Å². The van der Waals surface area contributed by atoms with Crippen molar-refractivity contribution in [3.63, 3.8) is 0 Å². The first-order valence-electron chi connectivity index (χ1n) is 5.20. The second-order valence-corrected chi connectivity index (χ2v) is 4.48. The Balaban J connectivity index is 2.50.